The summed E-state index contributed by atoms with van der Waals surface area (Å²) in [5, 5.41) is 0.675. The topological polar surface area (TPSA) is 54.0 Å². The van der Waals surface area contributed by atoms with Crippen molar-refractivity contribution in [3.63, 3.8) is 0 Å². The largest absolute Gasteiger partial charge is 0.513 e. The van der Waals surface area contributed by atoms with Crippen LogP contribution in [0.5, 0.6) is 17.2 Å². The molecule has 27 heavy (non-hydrogen) atoms. The average molecular weight is 393 g/mol. The van der Waals surface area contributed by atoms with E-state index in [1.54, 1.807) is 18.2 Å². The van der Waals surface area contributed by atoms with Crippen LogP contribution in [0.15, 0.2) is 30.3 Å². The van der Waals surface area contributed by atoms with Crippen molar-refractivity contribution in [1.82, 2.24) is 0 Å². The van der Waals surface area contributed by atoms with Gasteiger partial charge in [0, 0.05) is 5.02 Å². The molecular weight excluding hydrogens is 368 g/mol. The lowest BCUT2D eigenvalue weighted by Crippen LogP contribution is -2.11. The number of ether oxygens (including phenoxy) is 4. The standard InChI is InChI=1S/C21H25ClO5/c1-5-14-11-15(6-2)20(12-17(14)22)26-13-16-18(25-7-3)9-8-10-19(16)27-21(23)24-4/h8-12H,5-7,13H2,1-4H3. The summed E-state index contributed by atoms with van der Waals surface area (Å²) in [6.45, 7) is 6.66. The Labute approximate surface area is 165 Å². The predicted octanol–water partition coefficient (Wildman–Crippen LogP) is 5.59. The Hall–Kier alpha value is -2.40. The molecule has 0 aliphatic heterocycles. The van der Waals surface area contributed by atoms with Gasteiger partial charge in [-0.25, -0.2) is 4.79 Å². The lowest BCUT2D eigenvalue weighted by atomic mass is 10.1. The maximum atomic E-state index is 11.5. The molecule has 0 N–H and O–H groups in total. The fraction of sp³-hybridized carbons (Fsp3) is 0.381. The molecule has 2 aromatic rings. The minimum absolute atomic E-state index is 0.164. The zero-order chi connectivity index (χ0) is 19.8. The lowest BCUT2D eigenvalue weighted by Gasteiger charge is -2.17. The number of hydrogen-bond acceptors (Lipinski definition) is 5. The highest BCUT2D eigenvalue weighted by molar-refractivity contribution is 6.31. The SMILES string of the molecule is CCOc1cccc(OC(=O)OC)c1COc1cc(Cl)c(CC)cc1CC. The van der Waals surface area contributed by atoms with Gasteiger partial charge in [-0.2, -0.15) is 0 Å². The third-order valence-electron chi connectivity index (χ3n) is 4.11. The number of halogens is 1. The van der Waals surface area contributed by atoms with Crippen molar-refractivity contribution >= 4 is 17.8 Å². The van der Waals surface area contributed by atoms with Crippen molar-refractivity contribution in [3.8, 4) is 17.2 Å². The number of benzene rings is 2. The summed E-state index contributed by atoms with van der Waals surface area (Å²) in [6.07, 6.45) is 0.878. The molecular formula is C21H25ClO5. The van der Waals surface area contributed by atoms with Gasteiger partial charge in [-0.15, -0.1) is 0 Å². The Morgan fingerprint density at radius 1 is 0.963 bits per heavy atom. The number of carbonyl (C=O) groups excluding carboxylic acids is 1. The Balaban J connectivity index is 2.33. The van der Waals surface area contributed by atoms with E-state index >= 15 is 0 Å². The van der Waals surface area contributed by atoms with Crippen molar-refractivity contribution in [3.05, 3.63) is 52.0 Å². The second kappa shape index (κ2) is 10.1. The van der Waals surface area contributed by atoms with E-state index in [2.05, 4.69) is 24.7 Å². The van der Waals surface area contributed by atoms with Crippen LogP contribution in [-0.2, 0) is 24.2 Å². The van der Waals surface area contributed by atoms with Crippen LogP contribution in [0.1, 0.15) is 37.5 Å². The predicted molar refractivity (Wildman–Crippen MR) is 105 cm³/mol. The monoisotopic (exact) mass is 392 g/mol. The molecule has 5 nitrogen and oxygen atoms in total. The quantitative estimate of drug-likeness (QED) is 0.433. The molecule has 0 aromatic heterocycles. The fourth-order valence-corrected chi connectivity index (χ4v) is 2.98. The third kappa shape index (κ3) is 5.30. The first-order valence-electron chi connectivity index (χ1n) is 8.98. The fourth-order valence-electron chi connectivity index (χ4n) is 2.69. The molecule has 0 heterocycles. The van der Waals surface area contributed by atoms with Gasteiger partial charge < -0.3 is 18.9 Å². The van der Waals surface area contributed by atoms with Crippen LogP contribution in [0.25, 0.3) is 0 Å². The van der Waals surface area contributed by atoms with E-state index in [9.17, 15) is 4.79 Å². The molecule has 146 valence electrons. The van der Waals surface area contributed by atoms with Gasteiger partial charge in [0.2, 0.25) is 0 Å². The average Bonchev–Trinajstić information content (AvgIpc) is 2.67. The molecule has 0 aliphatic rings. The second-order valence-electron chi connectivity index (χ2n) is 5.77. The third-order valence-corrected chi connectivity index (χ3v) is 4.47. The first-order chi connectivity index (χ1) is 13.0. The highest BCUT2D eigenvalue weighted by Crippen LogP contribution is 2.33. The summed E-state index contributed by atoms with van der Waals surface area (Å²) in [5.41, 5.74) is 2.79. The molecule has 0 aliphatic carbocycles. The summed E-state index contributed by atoms with van der Waals surface area (Å²) in [6, 6.07) is 9.13. The van der Waals surface area contributed by atoms with Crippen LogP contribution >= 0.6 is 11.6 Å². The van der Waals surface area contributed by atoms with Crippen molar-refractivity contribution < 1.29 is 23.7 Å². The Morgan fingerprint density at radius 2 is 1.67 bits per heavy atom. The second-order valence-corrected chi connectivity index (χ2v) is 6.18. The number of aryl methyl sites for hydroxylation is 2. The van der Waals surface area contributed by atoms with Gasteiger partial charge in [0.25, 0.3) is 0 Å². The van der Waals surface area contributed by atoms with Crippen LogP contribution in [0.4, 0.5) is 4.79 Å². The van der Waals surface area contributed by atoms with E-state index in [0.29, 0.717) is 34.4 Å². The maximum absolute atomic E-state index is 11.5. The van der Waals surface area contributed by atoms with Crippen molar-refractivity contribution in [2.75, 3.05) is 13.7 Å². The highest BCUT2D eigenvalue weighted by atomic mass is 35.5. The first-order valence-corrected chi connectivity index (χ1v) is 9.36. The van der Waals surface area contributed by atoms with Gasteiger partial charge >= 0.3 is 6.16 Å². The van der Waals surface area contributed by atoms with Crippen LogP contribution in [0.2, 0.25) is 5.02 Å². The van der Waals surface area contributed by atoms with E-state index in [4.69, 9.17) is 25.8 Å². The smallest absolute Gasteiger partial charge is 0.493 e. The van der Waals surface area contributed by atoms with E-state index < -0.39 is 6.16 Å². The Kier molecular flexibility index (Phi) is 7.80. The van der Waals surface area contributed by atoms with Crippen LogP contribution in [0.3, 0.4) is 0 Å². The van der Waals surface area contributed by atoms with Crippen molar-refractivity contribution in [1.29, 1.82) is 0 Å². The summed E-state index contributed by atoms with van der Waals surface area (Å²) >= 11 is 6.35. The zero-order valence-electron chi connectivity index (χ0n) is 16.1. The summed E-state index contributed by atoms with van der Waals surface area (Å²) in [7, 11) is 1.26. The van der Waals surface area contributed by atoms with Gasteiger partial charge in [0.15, 0.2) is 0 Å². The van der Waals surface area contributed by atoms with Crippen LogP contribution < -0.4 is 14.2 Å². The molecule has 0 amide bonds. The number of hydrogen-bond donors (Lipinski definition) is 0. The molecule has 0 saturated heterocycles. The summed E-state index contributed by atoms with van der Waals surface area (Å²) < 4.78 is 21.5. The van der Waals surface area contributed by atoms with E-state index in [0.717, 1.165) is 24.0 Å². The lowest BCUT2D eigenvalue weighted by molar-refractivity contribution is 0.120. The molecule has 0 radical (unpaired) electrons. The number of rotatable bonds is 8. The highest BCUT2D eigenvalue weighted by Gasteiger charge is 2.16. The molecule has 0 saturated carbocycles. The van der Waals surface area contributed by atoms with Crippen molar-refractivity contribution in [2.45, 2.75) is 40.2 Å². The van der Waals surface area contributed by atoms with Crippen LogP contribution in [-0.4, -0.2) is 19.9 Å². The van der Waals surface area contributed by atoms with E-state index in [1.807, 2.05) is 13.0 Å². The van der Waals surface area contributed by atoms with Crippen molar-refractivity contribution in [2.24, 2.45) is 0 Å². The van der Waals surface area contributed by atoms with Gasteiger partial charge in [-0.05, 0) is 49.1 Å². The number of methoxy groups -OCH3 is 1. The summed E-state index contributed by atoms with van der Waals surface area (Å²) in [5.74, 6) is 1.63. The normalized spacial score (nSPS) is 10.4. The van der Waals surface area contributed by atoms with E-state index in [1.165, 1.54) is 7.11 Å². The van der Waals surface area contributed by atoms with Gasteiger partial charge in [0.05, 0.1) is 19.3 Å². The molecule has 2 aromatic carbocycles. The minimum Gasteiger partial charge on any atom is -0.493 e. The molecule has 6 heteroatoms. The van der Waals surface area contributed by atoms with Gasteiger partial charge in [0.1, 0.15) is 23.9 Å². The first kappa shape index (κ1) is 20.9. The van der Waals surface area contributed by atoms with Crippen LogP contribution in [0, 0.1) is 0 Å². The summed E-state index contributed by atoms with van der Waals surface area (Å²) in [4.78, 5) is 11.5. The molecule has 0 unspecified atom stereocenters. The molecule has 0 fully saturated rings. The molecule has 2 rings (SSSR count). The Bertz CT molecular complexity index is 788. The van der Waals surface area contributed by atoms with Gasteiger partial charge in [-0.3, -0.25) is 0 Å². The molecule has 0 atom stereocenters. The zero-order valence-corrected chi connectivity index (χ0v) is 16.9. The Morgan fingerprint density at radius 3 is 2.30 bits per heavy atom. The maximum Gasteiger partial charge on any atom is 0.513 e. The van der Waals surface area contributed by atoms with Gasteiger partial charge in [-0.1, -0.05) is 37.6 Å². The molecule has 0 bridgehead atoms. The molecule has 0 spiro atoms. The number of carbonyl (C=O) groups is 1. The van der Waals surface area contributed by atoms with E-state index in [-0.39, 0.29) is 6.61 Å². The minimum atomic E-state index is -0.797.